The topological polar surface area (TPSA) is 6.48 Å². The summed E-state index contributed by atoms with van der Waals surface area (Å²) in [5.74, 6) is 0. The lowest BCUT2D eigenvalue weighted by atomic mass is 10.1. The van der Waals surface area contributed by atoms with Crippen LogP contribution in [0.5, 0.6) is 0 Å². The Morgan fingerprint density at radius 2 is 1.08 bits per heavy atom. The molecule has 0 aliphatic carbocycles. The number of hydrogen-bond donors (Lipinski definition) is 0. The first-order chi connectivity index (χ1) is 11.8. The largest absolute Gasteiger partial charge is 0.356 e. The summed E-state index contributed by atoms with van der Waals surface area (Å²) in [6.45, 7) is 9.27. The highest BCUT2D eigenvalue weighted by atomic mass is 15.4. The van der Waals surface area contributed by atoms with Crippen LogP contribution in [0.15, 0.2) is 12.4 Å². The number of hydrogen-bond acceptors (Lipinski definition) is 2. The van der Waals surface area contributed by atoms with Gasteiger partial charge in [0.1, 0.15) is 6.17 Å². The molecule has 1 atom stereocenters. The van der Waals surface area contributed by atoms with Crippen LogP contribution in [0.2, 0.25) is 0 Å². The minimum atomic E-state index is 0.640. The molecule has 0 spiro atoms. The van der Waals surface area contributed by atoms with Crippen LogP contribution in [-0.2, 0) is 0 Å². The molecule has 1 aliphatic rings. The summed E-state index contributed by atoms with van der Waals surface area (Å²) < 4.78 is 0. The van der Waals surface area contributed by atoms with Crippen LogP contribution >= 0.6 is 0 Å². The van der Waals surface area contributed by atoms with Gasteiger partial charge >= 0.3 is 0 Å². The molecule has 1 unspecified atom stereocenters. The van der Waals surface area contributed by atoms with E-state index in [9.17, 15) is 0 Å². The zero-order chi connectivity index (χ0) is 17.5. The van der Waals surface area contributed by atoms with Crippen molar-refractivity contribution in [2.45, 2.75) is 117 Å². The molecule has 0 saturated heterocycles. The molecule has 0 bridgehead atoms. The van der Waals surface area contributed by atoms with E-state index in [2.05, 4.69) is 43.0 Å². The smallest absolute Gasteiger partial charge is 0.101 e. The van der Waals surface area contributed by atoms with Gasteiger partial charge in [-0.05, 0) is 26.2 Å². The van der Waals surface area contributed by atoms with Crippen molar-refractivity contribution in [3.05, 3.63) is 12.4 Å². The Kier molecular flexibility index (Phi) is 13.1. The molecular formula is C22H44N2. The molecule has 0 aromatic rings. The van der Waals surface area contributed by atoms with E-state index in [0.717, 1.165) is 6.54 Å². The molecule has 0 aromatic carbocycles. The van der Waals surface area contributed by atoms with Crippen molar-refractivity contribution in [2.24, 2.45) is 0 Å². The molecule has 2 nitrogen and oxygen atoms in total. The van der Waals surface area contributed by atoms with E-state index in [-0.39, 0.29) is 0 Å². The van der Waals surface area contributed by atoms with Crippen molar-refractivity contribution in [1.29, 1.82) is 0 Å². The SMILES string of the molecule is CCCCCCCCCCCN1C=CN(CC)C1CCCCCC. The number of unbranched alkanes of at least 4 members (excludes halogenated alkanes) is 11. The lowest BCUT2D eigenvalue weighted by Crippen LogP contribution is -2.38. The van der Waals surface area contributed by atoms with Crippen molar-refractivity contribution in [1.82, 2.24) is 9.80 Å². The third kappa shape index (κ3) is 8.99. The second-order valence-electron chi connectivity index (χ2n) is 7.52. The van der Waals surface area contributed by atoms with E-state index in [1.807, 2.05) is 0 Å². The standard InChI is InChI=1S/C22H44N2/c1-4-7-9-11-12-13-14-15-17-19-24-21-20-23(6-3)22(24)18-16-10-8-5-2/h20-22H,4-19H2,1-3H3. The van der Waals surface area contributed by atoms with Crippen LogP contribution in [0, 0.1) is 0 Å². The Balaban J connectivity index is 2.10. The van der Waals surface area contributed by atoms with Crippen LogP contribution in [0.4, 0.5) is 0 Å². The Hall–Kier alpha value is -0.660. The predicted octanol–water partition coefficient (Wildman–Crippen LogP) is 6.92. The van der Waals surface area contributed by atoms with Gasteiger partial charge in [0.25, 0.3) is 0 Å². The maximum absolute atomic E-state index is 2.61. The zero-order valence-electron chi connectivity index (χ0n) is 16.9. The maximum atomic E-state index is 2.61. The van der Waals surface area contributed by atoms with Gasteiger partial charge < -0.3 is 9.80 Å². The second-order valence-corrected chi connectivity index (χ2v) is 7.52. The highest BCUT2D eigenvalue weighted by molar-refractivity contribution is 4.96. The van der Waals surface area contributed by atoms with Crippen molar-refractivity contribution < 1.29 is 0 Å². The molecule has 0 amide bonds. The van der Waals surface area contributed by atoms with Crippen LogP contribution in [-0.4, -0.2) is 29.1 Å². The first-order valence-electron chi connectivity index (χ1n) is 11.0. The molecule has 142 valence electrons. The van der Waals surface area contributed by atoms with Gasteiger partial charge in [0.15, 0.2) is 0 Å². The van der Waals surface area contributed by atoms with Crippen LogP contribution in [0.25, 0.3) is 0 Å². The molecule has 1 rings (SSSR count). The van der Waals surface area contributed by atoms with E-state index in [1.165, 1.54) is 96.4 Å². The first kappa shape index (κ1) is 21.4. The highest BCUT2D eigenvalue weighted by Crippen LogP contribution is 2.22. The average Bonchev–Trinajstić information content (AvgIpc) is 2.99. The summed E-state index contributed by atoms with van der Waals surface area (Å²) in [5.41, 5.74) is 0. The lowest BCUT2D eigenvalue weighted by Gasteiger charge is -2.32. The Morgan fingerprint density at radius 3 is 1.67 bits per heavy atom. The summed E-state index contributed by atoms with van der Waals surface area (Å²) in [7, 11) is 0. The summed E-state index contributed by atoms with van der Waals surface area (Å²) in [6, 6.07) is 0. The lowest BCUT2D eigenvalue weighted by molar-refractivity contribution is 0.142. The predicted molar refractivity (Wildman–Crippen MR) is 108 cm³/mol. The first-order valence-corrected chi connectivity index (χ1v) is 11.0. The quantitative estimate of drug-likeness (QED) is 0.282. The molecule has 1 heterocycles. The van der Waals surface area contributed by atoms with Gasteiger partial charge in [-0.1, -0.05) is 84.5 Å². The fourth-order valence-electron chi connectivity index (χ4n) is 3.79. The summed E-state index contributed by atoms with van der Waals surface area (Å²) in [4.78, 5) is 5.14. The summed E-state index contributed by atoms with van der Waals surface area (Å²) in [5, 5.41) is 0. The van der Waals surface area contributed by atoms with Crippen LogP contribution < -0.4 is 0 Å². The third-order valence-electron chi connectivity index (χ3n) is 5.42. The molecule has 0 N–H and O–H groups in total. The normalized spacial score (nSPS) is 17.2. The van der Waals surface area contributed by atoms with E-state index >= 15 is 0 Å². The van der Waals surface area contributed by atoms with Gasteiger partial charge in [0.05, 0.1) is 0 Å². The fourth-order valence-corrected chi connectivity index (χ4v) is 3.79. The van der Waals surface area contributed by atoms with Crippen molar-refractivity contribution in [3.63, 3.8) is 0 Å². The minimum absolute atomic E-state index is 0.640. The average molecular weight is 337 g/mol. The monoisotopic (exact) mass is 336 g/mol. The van der Waals surface area contributed by atoms with Gasteiger partial charge in [0.2, 0.25) is 0 Å². The van der Waals surface area contributed by atoms with Gasteiger partial charge in [-0.15, -0.1) is 0 Å². The molecule has 0 aromatic heterocycles. The third-order valence-corrected chi connectivity index (χ3v) is 5.42. The van der Waals surface area contributed by atoms with Gasteiger partial charge in [0, 0.05) is 25.5 Å². The van der Waals surface area contributed by atoms with Gasteiger partial charge in [-0.2, -0.15) is 0 Å². The molecular weight excluding hydrogens is 292 g/mol. The van der Waals surface area contributed by atoms with E-state index in [1.54, 1.807) is 0 Å². The number of nitrogens with zero attached hydrogens (tertiary/aromatic N) is 2. The molecule has 0 fully saturated rings. The summed E-state index contributed by atoms with van der Waals surface area (Å²) in [6.07, 6.45) is 24.9. The van der Waals surface area contributed by atoms with E-state index in [4.69, 9.17) is 0 Å². The maximum Gasteiger partial charge on any atom is 0.101 e. The van der Waals surface area contributed by atoms with Crippen molar-refractivity contribution in [2.75, 3.05) is 13.1 Å². The molecule has 0 saturated carbocycles. The van der Waals surface area contributed by atoms with Crippen molar-refractivity contribution in [3.8, 4) is 0 Å². The Bertz CT molecular complexity index is 300. The molecule has 2 heteroatoms. The van der Waals surface area contributed by atoms with Crippen LogP contribution in [0.1, 0.15) is 111 Å². The molecule has 24 heavy (non-hydrogen) atoms. The van der Waals surface area contributed by atoms with E-state index < -0.39 is 0 Å². The Labute approximate surface area is 152 Å². The number of rotatable bonds is 16. The summed E-state index contributed by atoms with van der Waals surface area (Å²) >= 11 is 0. The molecule has 0 radical (unpaired) electrons. The fraction of sp³-hybridized carbons (Fsp3) is 0.909. The molecule has 1 aliphatic heterocycles. The van der Waals surface area contributed by atoms with E-state index in [0.29, 0.717) is 6.17 Å². The van der Waals surface area contributed by atoms with Crippen molar-refractivity contribution >= 4 is 0 Å². The zero-order valence-corrected chi connectivity index (χ0v) is 16.9. The Morgan fingerprint density at radius 1 is 0.583 bits per heavy atom. The van der Waals surface area contributed by atoms with Gasteiger partial charge in [-0.25, -0.2) is 0 Å². The minimum Gasteiger partial charge on any atom is -0.356 e. The van der Waals surface area contributed by atoms with Gasteiger partial charge in [-0.3, -0.25) is 0 Å². The van der Waals surface area contributed by atoms with Crippen LogP contribution in [0.3, 0.4) is 0 Å². The highest BCUT2D eigenvalue weighted by Gasteiger charge is 2.23. The second kappa shape index (κ2) is 14.7.